The molecule has 0 aliphatic rings. The minimum absolute atomic E-state index is 0.0604. The van der Waals surface area contributed by atoms with Crippen molar-refractivity contribution >= 4 is 43.2 Å². The van der Waals surface area contributed by atoms with Crippen LogP contribution in [-0.4, -0.2) is 18.4 Å². The van der Waals surface area contributed by atoms with Gasteiger partial charge in [-0.05, 0) is 52.2 Å². The molecule has 106 valence electrons. The van der Waals surface area contributed by atoms with Crippen molar-refractivity contribution in [2.75, 3.05) is 4.72 Å². The van der Waals surface area contributed by atoms with Crippen LogP contribution in [0.2, 0.25) is 5.28 Å². The first-order valence-corrected chi connectivity index (χ1v) is 7.91. The van der Waals surface area contributed by atoms with Gasteiger partial charge in [0.15, 0.2) is 0 Å². The van der Waals surface area contributed by atoms with Crippen LogP contribution >= 0.6 is 27.5 Å². The Hall–Kier alpha value is -1.25. The molecule has 0 aliphatic carbocycles. The van der Waals surface area contributed by atoms with Crippen LogP contribution in [-0.2, 0) is 10.0 Å². The summed E-state index contributed by atoms with van der Waals surface area (Å²) >= 11 is 8.52. The summed E-state index contributed by atoms with van der Waals surface area (Å²) in [5.74, 6) is -0.569. The number of anilines is 1. The maximum atomic E-state index is 13.5. The predicted molar refractivity (Wildman–Crippen MR) is 76.7 cm³/mol. The highest BCUT2D eigenvalue weighted by atomic mass is 79.9. The molecule has 0 bridgehead atoms. The molecule has 2 rings (SSSR count). The van der Waals surface area contributed by atoms with Crippen molar-refractivity contribution in [1.29, 1.82) is 0 Å². The molecule has 0 saturated carbocycles. The summed E-state index contributed by atoms with van der Waals surface area (Å²) < 4.78 is 40.2. The average molecular weight is 381 g/mol. The number of aryl methyl sites for hydroxylation is 1. The number of benzene rings is 1. The maximum absolute atomic E-state index is 13.5. The van der Waals surface area contributed by atoms with Crippen LogP contribution in [0.25, 0.3) is 0 Å². The Morgan fingerprint density at radius 1 is 1.30 bits per heavy atom. The van der Waals surface area contributed by atoms with Crippen LogP contribution in [0.4, 0.5) is 10.1 Å². The van der Waals surface area contributed by atoms with Crippen LogP contribution < -0.4 is 4.72 Å². The van der Waals surface area contributed by atoms with Crippen molar-refractivity contribution in [2.24, 2.45) is 0 Å². The lowest BCUT2D eigenvalue weighted by Crippen LogP contribution is -2.14. The monoisotopic (exact) mass is 379 g/mol. The molecule has 0 amide bonds. The number of aromatic nitrogens is 2. The van der Waals surface area contributed by atoms with Gasteiger partial charge in [-0.3, -0.25) is 4.72 Å². The molecule has 9 heteroatoms. The quantitative estimate of drug-likeness (QED) is 0.830. The smallest absolute Gasteiger partial charge is 0.264 e. The van der Waals surface area contributed by atoms with Gasteiger partial charge in [0.25, 0.3) is 10.0 Å². The van der Waals surface area contributed by atoms with Crippen molar-refractivity contribution in [1.82, 2.24) is 9.97 Å². The molecular formula is C11H8BrClFN3O2S. The van der Waals surface area contributed by atoms with E-state index in [1.165, 1.54) is 6.07 Å². The predicted octanol–water partition coefficient (Wildman–Crippen LogP) is 3.14. The Kier molecular flexibility index (Phi) is 4.26. The number of rotatable bonds is 3. The van der Waals surface area contributed by atoms with E-state index < -0.39 is 15.8 Å². The summed E-state index contributed by atoms with van der Waals surface area (Å²) in [5, 5.41) is -0.0604. The Labute approximate surface area is 128 Å². The molecule has 0 atom stereocenters. The molecule has 0 spiro atoms. The van der Waals surface area contributed by atoms with E-state index in [4.69, 9.17) is 11.6 Å². The lowest BCUT2D eigenvalue weighted by molar-refractivity contribution is 0.600. The molecule has 1 aromatic heterocycles. The average Bonchev–Trinajstić information content (AvgIpc) is 2.36. The molecular weight excluding hydrogens is 373 g/mol. The van der Waals surface area contributed by atoms with E-state index in [0.29, 0.717) is 5.56 Å². The summed E-state index contributed by atoms with van der Waals surface area (Å²) in [7, 11) is -3.90. The molecule has 0 aliphatic heterocycles. The number of hydrogen-bond acceptors (Lipinski definition) is 4. The second-order valence-electron chi connectivity index (χ2n) is 3.87. The van der Waals surface area contributed by atoms with Gasteiger partial charge < -0.3 is 0 Å². The minimum atomic E-state index is -3.90. The first-order valence-electron chi connectivity index (χ1n) is 5.25. The Morgan fingerprint density at radius 2 is 1.90 bits per heavy atom. The number of halogens is 3. The molecule has 0 radical (unpaired) electrons. The third-order valence-electron chi connectivity index (χ3n) is 2.42. The van der Waals surface area contributed by atoms with Gasteiger partial charge in [-0.25, -0.2) is 22.8 Å². The largest absolute Gasteiger partial charge is 0.279 e. The van der Waals surface area contributed by atoms with Crippen molar-refractivity contribution < 1.29 is 12.8 Å². The molecule has 5 nitrogen and oxygen atoms in total. The summed E-state index contributed by atoms with van der Waals surface area (Å²) in [6.45, 7) is 1.65. The lowest BCUT2D eigenvalue weighted by atomic mass is 10.2. The zero-order chi connectivity index (χ0) is 14.9. The number of nitrogens with one attached hydrogen (secondary N) is 1. The lowest BCUT2D eigenvalue weighted by Gasteiger charge is -2.11. The van der Waals surface area contributed by atoms with E-state index in [2.05, 4.69) is 30.6 Å². The summed E-state index contributed by atoms with van der Waals surface area (Å²) in [6, 6.07) is 2.57. The van der Waals surface area contributed by atoms with Gasteiger partial charge in [-0.1, -0.05) is 0 Å². The number of hydrogen-bond donors (Lipinski definition) is 1. The van der Waals surface area contributed by atoms with Gasteiger partial charge in [0.1, 0.15) is 10.7 Å². The minimum Gasteiger partial charge on any atom is -0.279 e. The molecule has 2 aromatic rings. The van der Waals surface area contributed by atoms with Gasteiger partial charge in [0.2, 0.25) is 5.28 Å². The van der Waals surface area contributed by atoms with E-state index >= 15 is 0 Å². The van der Waals surface area contributed by atoms with Crippen molar-refractivity contribution in [3.63, 3.8) is 0 Å². The number of nitrogens with zero attached hydrogens (tertiary/aromatic N) is 2. The Morgan fingerprint density at radius 3 is 2.50 bits per heavy atom. The Balaban J connectivity index is 2.38. The van der Waals surface area contributed by atoms with Crippen LogP contribution in [0, 0.1) is 12.7 Å². The van der Waals surface area contributed by atoms with Crippen LogP contribution in [0.1, 0.15) is 5.56 Å². The highest BCUT2D eigenvalue weighted by Gasteiger charge is 2.17. The van der Waals surface area contributed by atoms with Gasteiger partial charge >= 0.3 is 0 Å². The second-order valence-corrected chi connectivity index (χ2v) is 6.75. The summed E-state index contributed by atoms with van der Waals surface area (Å²) in [5.41, 5.74) is 0.706. The highest BCUT2D eigenvalue weighted by molar-refractivity contribution is 9.10. The van der Waals surface area contributed by atoms with E-state index in [-0.39, 0.29) is 20.3 Å². The first-order chi connectivity index (χ1) is 9.29. The van der Waals surface area contributed by atoms with Crippen LogP contribution in [0.3, 0.4) is 0 Å². The molecule has 0 unspecified atom stereocenters. The highest BCUT2D eigenvalue weighted by Crippen LogP contribution is 2.25. The molecule has 0 saturated heterocycles. The third kappa shape index (κ3) is 3.25. The van der Waals surface area contributed by atoms with Gasteiger partial charge in [-0.15, -0.1) is 0 Å². The van der Waals surface area contributed by atoms with E-state index in [0.717, 1.165) is 18.5 Å². The fourth-order valence-corrected chi connectivity index (χ4v) is 2.96. The van der Waals surface area contributed by atoms with Crippen molar-refractivity contribution in [3.8, 4) is 0 Å². The zero-order valence-electron chi connectivity index (χ0n) is 10.1. The summed E-state index contributed by atoms with van der Waals surface area (Å²) in [6.07, 6.45) is 2.14. The standard InChI is InChI=1S/C11H8BrClFN3O2S/c1-6-2-8(12)9(14)3-10(6)17-20(18,19)7-4-15-11(13)16-5-7/h2-5,17H,1H3. The van der Waals surface area contributed by atoms with E-state index in [1.807, 2.05) is 0 Å². The fraction of sp³-hybridized carbons (Fsp3) is 0.0909. The summed E-state index contributed by atoms with van der Waals surface area (Å²) in [4.78, 5) is 7.03. The topological polar surface area (TPSA) is 72.0 Å². The fourth-order valence-electron chi connectivity index (χ4n) is 1.40. The SMILES string of the molecule is Cc1cc(Br)c(F)cc1NS(=O)(=O)c1cnc(Cl)nc1. The molecule has 0 fully saturated rings. The zero-order valence-corrected chi connectivity index (χ0v) is 13.2. The van der Waals surface area contributed by atoms with E-state index in [1.54, 1.807) is 6.92 Å². The maximum Gasteiger partial charge on any atom is 0.264 e. The number of sulfonamides is 1. The van der Waals surface area contributed by atoms with E-state index in [9.17, 15) is 12.8 Å². The Bertz CT molecular complexity index is 753. The van der Waals surface area contributed by atoms with Crippen molar-refractivity contribution in [2.45, 2.75) is 11.8 Å². The van der Waals surface area contributed by atoms with Crippen LogP contribution in [0.5, 0.6) is 0 Å². The first kappa shape index (κ1) is 15.1. The van der Waals surface area contributed by atoms with Gasteiger partial charge in [0, 0.05) is 0 Å². The molecule has 20 heavy (non-hydrogen) atoms. The second kappa shape index (κ2) is 5.63. The van der Waals surface area contributed by atoms with Gasteiger partial charge in [-0.2, -0.15) is 0 Å². The molecule has 1 aromatic carbocycles. The van der Waals surface area contributed by atoms with Crippen molar-refractivity contribution in [3.05, 3.63) is 45.7 Å². The third-order valence-corrected chi connectivity index (χ3v) is 4.54. The molecule has 1 N–H and O–H groups in total. The molecule has 1 heterocycles. The van der Waals surface area contributed by atoms with Crippen LogP contribution in [0.15, 0.2) is 33.9 Å². The van der Waals surface area contributed by atoms with Gasteiger partial charge in [0.05, 0.1) is 22.6 Å². The normalized spacial score (nSPS) is 11.4.